The van der Waals surface area contributed by atoms with Crippen molar-refractivity contribution in [3.8, 4) is 11.5 Å². The molecule has 1 N–H and O–H groups in total. The molecule has 2 unspecified atom stereocenters. The van der Waals surface area contributed by atoms with Crippen molar-refractivity contribution in [1.29, 1.82) is 0 Å². The standard InChI is InChI=1S/C15H22N2O4S.CH3.ClH.Ru/c1-20-12-7-11(8-13(9-12)21-2)10-22(18,19)17-15-6-4-3-5-14(15)16;;;/h7-9,14-16H,3-6,10H2,1-2H3;1H3;1H;/q-2;-1;;+4/p-1. The third kappa shape index (κ3) is 8.22. The molecule has 0 heterocycles. The average molecular weight is 478 g/mol. The zero-order chi connectivity index (χ0) is 18.2. The summed E-state index contributed by atoms with van der Waals surface area (Å²) in [6, 6.07) is 4.19. The van der Waals surface area contributed by atoms with E-state index in [1.807, 2.05) is 17.3 Å². The molecule has 6 nitrogen and oxygen atoms in total. The van der Waals surface area contributed by atoms with Gasteiger partial charge in [0.1, 0.15) is 11.5 Å². The van der Waals surface area contributed by atoms with Crippen LogP contribution in [0.5, 0.6) is 11.5 Å². The van der Waals surface area contributed by atoms with E-state index in [0.717, 1.165) is 19.3 Å². The van der Waals surface area contributed by atoms with Crippen molar-refractivity contribution in [1.82, 2.24) is 0 Å². The third-order valence-electron chi connectivity index (χ3n) is 3.79. The molecule has 144 valence electrons. The van der Waals surface area contributed by atoms with Gasteiger partial charge in [-0.2, -0.15) is 6.04 Å². The predicted octanol–water partition coefficient (Wildman–Crippen LogP) is 4.41. The Labute approximate surface area is 165 Å². The summed E-state index contributed by atoms with van der Waals surface area (Å²) in [4.78, 5) is 0. The number of hydrogen-bond donors (Lipinski definition) is 0. The molecule has 1 saturated carbocycles. The number of sulfonamides is 1. The van der Waals surface area contributed by atoms with Gasteiger partial charge >= 0.3 is 27.0 Å². The molecular formula is C16H25ClN2O4RuS. The second-order valence-electron chi connectivity index (χ2n) is 5.51. The second-order valence-corrected chi connectivity index (χ2v) is 7.17. The molecule has 2 rings (SSSR count). The number of nitrogens with one attached hydrogen (secondary N) is 1. The summed E-state index contributed by atoms with van der Waals surface area (Å²) in [5, 5.41) is 0. The molecule has 25 heavy (non-hydrogen) atoms. The summed E-state index contributed by atoms with van der Waals surface area (Å²) in [6.07, 6.45) is 3.31. The van der Waals surface area contributed by atoms with E-state index in [0.29, 0.717) is 23.5 Å². The second kappa shape index (κ2) is 12.1. The van der Waals surface area contributed by atoms with Gasteiger partial charge in [0, 0.05) is 6.07 Å². The SMILES string of the molecule is COc1cc(CS(=O)(=O)[N-]C2CCCCC2[NH-])cc(OC)c1.[CH3-].[Cl][Ru+3]. The van der Waals surface area contributed by atoms with Crippen LogP contribution in [0.15, 0.2) is 18.2 Å². The van der Waals surface area contributed by atoms with Crippen LogP contribution < -0.4 is 9.47 Å². The fourth-order valence-electron chi connectivity index (χ4n) is 2.64. The van der Waals surface area contributed by atoms with Crippen LogP contribution in [0.25, 0.3) is 10.5 Å². The Balaban J connectivity index is 0.00000185. The van der Waals surface area contributed by atoms with E-state index in [1.54, 1.807) is 18.2 Å². The molecule has 0 aliphatic heterocycles. The first-order valence-corrected chi connectivity index (χ1v) is 11.3. The summed E-state index contributed by atoms with van der Waals surface area (Å²) >= 11 is 1.82. The first-order valence-electron chi connectivity index (χ1n) is 7.45. The molecular weight excluding hydrogens is 453 g/mol. The Morgan fingerprint density at radius 3 is 2.16 bits per heavy atom. The molecule has 1 fully saturated rings. The van der Waals surface area contributed by atoms with Crippen LogP contribution in [0, 0.1) is 7.43 Å². The van der Waals surface area contributed by atoms with Crippen molar-refractivity contribution >= 4 is 19.7 Å². The summed E-state index contributed by atoms with van der Waals surface area (Å²) in [7, 11) is 3.98. The van der Waals surface area contributed by atoms with Gasteiger partial charge in [-0.05, 0) is 17.7 Å². The van der Waals surface area contributed by atoms with Gasteiger partial charge in [-0.15, -0.1) is 6.04 Å². The molecule has 1 aliphatic carbocycles. The fourth-order valence-corrected chi connectivity index (χ4v) is 3.97. The fraction of sp³-hybridized carbons (Fsp3) is 0.562. The Morgan fingerprint density at radius 1 is 1.16 bits per heavy atom. The van der Waals surface area contributed by atoms with E-state index in [1.165, 1.54) is 14.2 Å². The van der Waals surface area contributed by atoms with Gasteiger partial charge in [-0.25, -0.2) is 8.42 Å². The number of benzene rings is 1. The van der Waals surface area contributed by atoms with Gasteiger partial charge in [0.15, 0.2) is 0 Å². The maximum absolute atomic E-state index is 12.3. The van der Waals surface area contributed by atoms with Crippen LogP contribution in [0.1, 0.15) is 31.2 Å². The third-order valence-corrected chi connectivity index (χ3v) is 5.08. The molecule has 0 spiro atoms. The van der Waals surface area contributed by atoms with Crippen molar-refractivity contribution in [3.05, 3.63) is 41.6 Å². The zero-order valence-electron chi connectivity index (χ0n) is 14.6. The van der Waals surface area contributed by atoms with Crippen LogP contribution >= 0.6 is 9.69 Å². The van der Waals surface area contributed by atoms with Gasteiger partial charge in [-0.1, -0.05) is 25.7 Å². The van der Waals surface area contributed by atoms with E-state index in [-0.39, 0.29) is 13.2 Å². The zero-order valence-corrected chi connectivity index (χ0v) is 18.0. The van der Waals surface area contributed by atoms with Gasteiger partial charge < -0.3 is 27.4 Å². The summed E-state index contributed by atoms with van der Waals surface area (Å²) in [5.74, 6) is 0.880. The molecule has 0 radical (unpaired) electrons. The van der Waals surface area contributed by atoms with Gasteiger partial charge in [0.05, 0.1) is 30.0 Å². The van der Waals surface area contributed by atoms with Crippen LogP contribution in [0.4, 0.5) is 0 Å². The monoisotopic (exact) mass is 478 g/mol. The van der Waals surface area contributed by atoms with Crippen molar-refractivity contribution in [2.75, 3.05) is 14.2 Å². The number of nitrogens with zero attached hydrogens (tertiary/aromatic N) is 1. The van der Waals surface area contributed by atoms with E-state index in [2.05, 4.69) is 14.4 Å². The first kappa shape index (κ1) is 24.6. The predicted molar refractivity (Wildman–Crippen MR) is 98.2 cm³/mol. The van der Waals surface area contributed by atoms with E-state index in [9.17, 15) is 8.42 Å². The first-order chi connectivity index (χ1) is 11.4. The molecule has 9 heteroatoms. The van der Waals surface area contributed by atoms with Crippen LogP contribution in [-0.2, 0) is 33.1 Å². The van der Waals surface area contributed by atoms with E-state index >= 15 is 0 Å². The van der Waals surface area contributed by atoms with Crippen molar-refractivity contribution in [2.45, 2.75) is 43.5 Å². The van der Waals surface area contributed by atoms with Gasteiger partial charge in [0.25, 0.3) is 0 Å². The molecule has 1 aromatic rings. The summed E-state index contributed by atoms with van der Waals surface area (Å²) in [5.41, 5.74) is 8.49. The van der Waals surface area contributed by atoms with Crippen LogP contribution in [0.2, 0.25) is 0 Å². The normalized spacial score (nSPS) is 19.8. The van der Waals surface area contributed by atoms with Crippen molar-refractivity contribution in [3.63, 3.8) is 0 Å². The quantitative estimate of drug-likeness (QED) is 0.448. The van der Waals surface area contributed by atoms with Crippen molar-refractivity contribution in [2.24, 2.45) is 0 Å². The topological polar surface area (TPSA) is 90.5 Å². The maximum atomic E-state index is 12.3. The number of hydrogen-bond acceptors (Lipinski definition) is 4. The van der Waals surface area contributed by atoms with E-state index in [4.69, 9.17) is 15.2 Å². The van der Waals surface area contributed by atoms with E-state index < -0.39 is 22.1 Å². The molecule has 0 bridgehead atoms. The Kier molecular flexibility index (Phi) is 11.9. The Morgan fingerprint density at radius 2 is 1.68 bits per heavy atom. The number of rotatable bonds is 6. The van der Waals surface area contributed by atoms with Crippen LogP contribution in [0.3, 0.4) is 0 Å². The number of methoxy groups -OCH3 is 2. The average Bonchev–Trinajstić information content (AvgIpc) is 2.57. The molecule has 0 saturated heterocycles. The number of halogens is 1. The molecule has 1 aliphatic rings. The minimum absolute atomic E-state index is 0. The molecule has 0 aromatic heterocycles. The number of ether oxygens (including phenoxy) is 2. The van der Waals surface area contributed by atoms with Crippen LogP contribution in [-0.4, -0.2) is 34.7 Å². The molecule has 0 amide bonds. The minimum atomic E-state index is -3.62. The molecule has 2 atom stereocenters. The Hall–Kier alpha value is -0.397. The van der Waals surface area contributed by atoms with Crippen molar-refractivity contribution < 1.29 is 35.2 Å². The molecule has 1 aromatic carbocycles. The van der Waals surface area contributed by atoms with Gasteiger partial charge in [0.2, 0.25) is 0 Å². The Bertz CT molecular complexity index is 594. The summed E-state index contributed by atoms with van der Waals surface area (Å²) in [6.45, 7) is 0. The summed E-state index contributed by atoms with van der Waals surface area (Å²) < 4.78 is 38.8. The van der Waals surface area contributed by atoms with Gasteiger partial charge in [-0.3, -0.25) is 0 Å².